The Hall–Kier alpha value is -2.37. The smallest absolute Gasteiger partial charge is 0.263 e. The van der Waals surface area contributed by atoms with Crippen LogP contribution in [0.4, 0.5) is 10.1 Å². The van der Waals surface area contributed by atoms with E-state index >= 15 is 0 Å². The van der Waals surface area contributed by atoms with E-state index in [1.807, 2.05) is 0 Å². The van der Waals surface area contributed by atoms with E-state index in [1.165, 1.54) is 17.1 Å². The van der Waals surface area contributed by atoms with Crippen molar-refractivity contribution < 1.29 is 12.8 Å². The topological polar surface area (TPSA) is 90.0 Å². The number of nitrogens with two attached hydrogens (primary N) is 1. The molecule has 0 aliphatic carbocycles. The third kappa shape index (κ3) is 3.59. The highest BCUT2D eigenvalue weighted by atomic mass is 32.2. The standard InChI is InChI=1S/C13H13FN4O2S/c1-18-9-12(8-16-18)17-21(19,20)13-5-4-11(14)7-10(13)3-2-6-15/h4-5,7-9,17H,6,15H2,1H3. The summed E-state index contributed by atoms with van der Waals surface area (Å²) in [6.07, 6.45) is 2.87. The van der Waals surface area contributed by atoms with Crippen molar-refractivity contribution in [3.8, 4) is 11.8 Å². The number of nitrogens with one attached hydrogen (secondary N) is 1. The summed E-state index contributed by atoms with van der Waals surface area (Å²) < 4.78 is 41.8. The second-order valence-electron chi connectivity index (χ2n) is 4.15. The lowest BCUT2D eigenvalue weighted by molar-refractivity contribution is 0.599. The minimum Gasteiger partial charge on any atom is -0.320 e. The van der Waals surface area contributed by atoms with Gasteiger partial charge in [0.1, 0.15) is 10.7 Å². The Morgan fingerprint density at radius 2 is 2.24 bits per heavy atom. The number of rotatable bonds is 3. The molecule has 21 heavy (non-hydrogen) atoms. The van der Waals surface area contributed by atoms with Gasteiger partial charge in [-0.15, -0.1) is 0 Å². The molecule has 1 aromatic carbocycles. The molecule has 3 N–H and O–H groups in total. The fourth-order valence-corrected chi connectivity index (χ4v) is 2.84. The van der Waals surface area contributed by atoms with Gasteiger partial charge in [0, 0.05) is 18.8 Å². The van der Waals surface area contributed by atoms with Gasteiger partial charge in [0.25, 0.3) is 10.0 Å². The molecule has 8 heteroatoms. The normalized spacial score (nSPS) is 10.8. The molecule has 0 amide bonds. The van der Waals surface area contributed by atoms with Crippen LogP contribution in [0.25, 0.3) is 0 Å². The van der Waals surface area contributed by atoms with E-state index in [1.54, 1.807) is 7.05 Å². The molecule has 2 rings (SSSR count). The zero-order valence-electron chi connectivity index (χ0n) is 11.2. The van der Waals surface area contributed by atoms with Crippen molar-refractivity contribution in [2.24, 2.45) is 12.8 Å². The van der Waals surface area contributed by atoms with E-state index in [0.717, 1.165) is 18.2 Å². The summed E-state index contributed by atoms with van der Waals surface area (Å²) in [6.45, 7) is 0.0477. The molecule has 110 valence electrons. The lowest BCUT2D eigenvalue weighted by atomic mass is 10.2. The molecule has 0 unspecified atom stereocenters. The van der Waals surface area contributed by atoms with Crippen molar-refractivity contribution in [2.45, 2.75) is 4.90 Å². The molecular weight excluding hydrogens is 295 g/mol. The Balaban J connectivity index is 2.44. The van der Waals surface area contributed by atoms with Crippen molar-refractivity contribution in [1.82, 2.24) is 9.78 Å². The van der Waals surface area contributed by atoms with Crippen molar-refractivity contribution in [3.05, 3.63) is 42.0 Å². The fourth-order valence-electron chi connectivity index (χ4n) is 1.66. The molecule has 0 atom stereocenters. The molecule has 6 nitrogen and oxygen atoms in total. The third-order valence-corrected chi connectivity index (χ3v) is 3.95. The summed E-state index contributed by atoms with van der Waals surface area (Å²) in [4.78, 5) is -0.117. The molecule has 0 bridgehead atoms. The third-order valence-electron chi connectivity index (χ3n) is 2.51. The van der Waals surface area contributed by atoms with E-state index in [2.05, 4.69) is 21.7 Å². The minimum absolute atomic E-state index is 0.0477. The maximum Gasteiger partial charge on any atom is 0.263 e. The number of nitrogens with zero attached hydrogens (tertiary/aromatic N) is 2. The number of aryl methyl sites for hydroxylation is 1. The molecule has 2 aromatic rings. The highest BCUT2D eigenvalue weighted by molar-refractivity contribution is 7.92. The highest BCUT2D eigenvalue weighted by Crippen LogP contribution is 2.19. The van der Waals surface area contributed by atoms with Crippen LogP contribution in [0, 0.1) is 17.7 Å². The highest BCUT2D eigenvalue weighted by Gasteiger charge is 2.19. The lowest BCUT2D eigenvalue weighted by Crippen LogP contribution is -2.14. The van der Waals surface area contributed by atoms with Gasteiger partial charge in [-0.1, -0.05) is 11.8 Å². The molecule has 1 heterocycles. The Kier molecular flexibility index (Phi) is 4.26. The van der Waals surface area contributed by atoms with Gasteiger partial charge >= 0.3 is 0 Å². The number of hydrogen-bond acceptors (Lipinski definition) is 4. The number of anilines is 1. The number of aromatic nitrogens is 2. The van der Waals surface area contributed by atoms with E-state index in [4.69, 9.17) is 5.73 Å². The van der Waals surface area contributed by atoms with Crippen LogP contribution < -0.4 is 10.5 Å². The van der Waals surface area contributed by atoms with Crippen LogP contribution in [0.3, 0.4) is 0 Å². The van der Waals surface area contributed by atoms with Crippen LogP contribution in [0.15, 0.2) is 35.5 Å². The Morgan fingerprint density at radius 1 is 1.48 bits per heavy atom. The fraction of sp³-hybridized carbons (Fsp3) is 0.154. The van der Waals surface area contributed by atoms with Crippen LogP contribution in [0.5, 0.6) is 0 Å². The largest absolute Gasteiger partial charge is 0.320 e. The first-order valence-electron chi connectivity index (χ1n) is 5.92. The summed E-state index contributed by atoms with van der Waals surface area (Å²) in [5, 5.41) is 3.87. The van der Waals surface area contributed by atoms with Crippen molar-refractivity contribution in [3.63, 3.8) is 0 Å². The summed E-state index contributed by atoms with van der Waals surface area (Å²) in [6, 6.07) is 3.28. The monoisotopic (exact) mass is 308 g/mol. The molecule has 0 aliphatic rings. The number of sulfonamides is 1. The molecule has 1 aromatic heterocycles. The SMILES string of the molecule is Cn1cc(NS(=O)(=O)c2ccc(F)cc2C#CCN)cn1. The van der Waals surface area contributed by atoms with Crippen LogP contribution >= 0.6 is 0 Å². The van der Waals surface area contributed by atoms with Gasteiger partial charge in [-0.05, 0) is 18.2 Å². The van der Waals surface area contributed by atoms with E-state index in [-0.39, 0.29) is 17.0 Å². The van der Waals surface area contributed by atoms with Crippen molar-refractivity contribution in [2.75, 3.05) is 11.3 Å². The Labute approximate surface area is 121 Å². The van der Waals surface area contributed by atoms with Gasteiger partial charge in [-0.3, -0.25) is 9.40 Å². The quantitative estimate of drug-likeness (QED) is 0.816. The first-order valence-corrected chi connectivity index (χ1v) is 7.40. The average Bonchev–Trinajstić information content (AvgIpc) is 2.80. The van der Waals surface area contributed by atoms with Crippen molar-refractivity contribution >= 4 is 15.7 Å². The maximum atomic E-state index is 13.3. The zero-order valence-corrected chi connectivity index (χ0v) is 12.0. The first kappa shape index (κ1) is 15.0. The second kappa shape index (κ2) is 5.95. The number of halogens is 1. The van der Waals surface area contributed by atoms with Gasteiger partial charge in [0.05, 0.1) is 18.4 Å². The predicted octanol–water partition coefficient (Wildman–Crippen LogP) is 0.670. The molecule has 0 radical (unpaired) electrons. The van der Waals surface area contributed by atoms with E-state index < -0.39 is 15.8 Å². The molecule has 0 spiro atoms. The Bertz CT molecular complexity index is 818. The van der Waals surface area contributed by atoms with Crippen LogP contribution in [-0.4, -0.2) is 24.7 Å². The van der Waals surface area contributed by atoms with Gasteiger partial charge in [0.2, 0.25) is 0 Å². The predicted molar refractivity (Wildman–Crippen MR) is 76.3 cm³/mol. The molecule has 0 fully saturated rings. The molecule has 0 saturated carbocycles. The van der Waals surface area contributed by atoms with Gasteiger partial charge in [0.15, 0.2) is 0 Å². The van der Waals surface area contributed by atoms with E-state index in [0.29, 0.717) is 5.69 Å². The molecule has 0 saturated heterocycles. The summed E-state index contributed by atoms with van der Waals surface area (Å²) >= 11 is 0. The van der Waals surface area contributed by atoms with Gasteiger partial charge < -0.3 is 5.73 Å². The number of benzene rings is 1. The van der Waals surface area contributed by atoms with Gasteiger partial charge in [-0.2, -0.15) is 5.10 Å². The first-order chi connectivity index (χ1) is 9.92. The second-order valence-corrected chi connectivity index (χ2v) is 5.81. The summed E-state index contributed by atoms with van der Waals surface area (Å²) in [5.41, 5.74) is 5.61. The molecular formula is C13H13FN4O2S. The van der Waals surface area contributed by atoms with E-state index in [9.17, 15) is 12.8 Å². The molecule has 0 aliphatic heterocycles. The van der Waals surface area contributed by atoms with Gasteiger partial charge in [-0.25, -0.2) is 12.8 Å². The summed E-state index contributed by atoms with van der Waals surface area (Å²) in [5.74, 6) is 4.50. The van der Waals surface area contributed by atoms with Crippen LogP contribution in [0.2, 0.25) is 0 Å². The Morgan fingerprint density at radius 3 is 2.86 bits per heavy atom. The minimum atomic E-state index is -3.89. The maximum absolute atomic E-state index is 13.3. The van der Waals surface area contributed by atoms with Crippen molar-refractivity contribution in [1.29, 1.82) is 0 Å². The lowest BCUT2D eigenvalue weighted by Gasteiger charge is -2.08. The average molecular weight is 308 g/mol. The van der Waals surface area contributed by atoms with Crippen LogP contribution in [0.1, 0.15) is 5.56 Å². The van der Waals surface area contributed by atoms with Crippen LogP contribution in [-0.2, 0) is 17.1 Å². The zero-order chi connectivity index (χ0) is 15.5. The number of hydrogen-bond donors (Lipinski definition) is 2. The summed E-state index contributed by atoms with van der Waals surface area (Å²) in [7, 11) is -2.23.